The molecule has 1 amide bonds. The summed E-state index contributed by atoms with van der Waals surface area (Å²) in [5.41, 5.74) is 3.99. The molecule has 0 aliphatic rings. The van der Waals surface area contributed by atoms with E-state index in [0.717, 1.165) is 10.0 Å². The van der Waals surface area contributed by atoms with Crippen molar-refractivity contribution >= 4 is 39.8 Å². The lowest BCUT2D eigenvalue weighted by atomic mass is 10.2. The van der Waals surface area contributed by atoms with Gasteiger partial charge in [-0.3, -0.25) is 9.36 Å². The standard InChI is InChI=1S/C21H15BrFN5O2S/c22-15-5-3-14(4-6-15)12-24-25-19(29)13-31-21-27-26-20(18-2-1-11-30-18)28(21)17-9-7-16(23)8-10-17/h1-12H,13H2,(H,25,29)/b24-12+. The molecule has 4 rings (SSSR count). The number of hydrogen-bond donors (Lipinski definition) is 1. The number of hydrogen-bond acceptors (Lipinski definition) is 6. The molecule has 0 saturated carbocycles. The summed E-state index contributed by atoms with van der Waals surface area (Å²) in [5, 5.41) is 12.8. The van der Waals surface area contributed by atoms with Crippen LogP contribution < -0.4 is 5.43 Å². The van der Waals surface area contributed by atoms with E-state index in [1.807, 2.05) is 24.3 Å². The fraction of sp³-hybridized carbons (Fsp3) is 0.0476. The van der Waals surface area contributed by atoms with E-state index in [2.05, 4.69) is 36.7 Å². The van der Waals surface area contributed by atoms with Gasteiger partial charge in [0.1, 0.15) is 5.82 Å². The molecule has 0 saturated heterocycles. The third-order valence-electron chi connectivity index (χ3n) is 4.06. The van der Waals surface area contributed by atoms with Crippen molar-refractivity contribution in [2.45, 2.75) is 5.16 Å². The van der Waals surface area contributed by atoms with Crippen LogP contribution in [0.2, 0.25) is 0 Å². The number of carbonyl (C=O) groups excluding carboxylic acids is 1. The van der Waals surface area contributed by atoms with Gasteiger partial charge in [-0.05, 0) is 54.1 Å². The number of rotatable bonds is 7. The minimum atomic E-state index is -0.353. The highest BCUT2D eigenvalue weighted by Gasteiger charge is 2.19. The number of benzene rings is 2. The molecule has 10 heteroatoms. The predicted molar refractivity (Wildman–Crippen MR) is 120 cm³/mol. The van der Waals surface area contributed by atoms with Crippen molar-refractivity contribution in [2.24, 2.45) is 5.10 Å². The van der Waals surface area contributed by atoms with Gasteiger partial charge >= 0.3 is 0 Å². The van der Waals surface area contributed by atoms with Crippen LogP contribution in [0.1, 0.15) is 5.56 Å². The molecule has 156 valence electrons. The van der Waals surface area contributed by atoms with Gasteiger partial charge in [0.05, 0.1) is 23.9 Å². The van der Waals surface area contributed by atoms with E-state index in [1.165, 1.54) is 30.2 Å². The van der Waals surface area contributed by atoms with Crippen molar-refractivity contribution < 1.29 is 13.6 Å². The molecule has 0 unspecified atom stereocenters. The molecule has 0 bridgehead atoms. The number of carbonyl (C=O) groups is 1. The van der Waals surface area contributed by atoms with Crippen LogP contribution in [0.4, 0.5) is 4.39 Å². The first kappa shape index (κ1) is 21.0. The lowest BCUT2D eigenvalue weighted by Gasteiger charge is -2.09. The molecule has 31 heavy (non-hydrogen) atoms. The fourth-order valence-corrected chi connectivity index (χ4v) is 3.65. The predicted octanol–water partition coefficient (Wildman–Crippen LogP) is 4.67. The number of amides is 1. The largest absolute Gasteiger partial charge is 0.461 e. The third kappa shape index (κ3) is 5.28. The smallest absolute Gasteiger partial charge is 0.250 e. The molecule has 0 radical (unpaired) electrons. The fourth-order valence-electron chi connectivity index (χ4n) is 2.64. The molecule has 0 atom stereocenters. The van der Waals surface area contributed by atoms with E-state index < -0.39 is 0 Å². The summed E-state index contributed by atoms with van der Waals surface area (Å²) in [4.78, 5) is 12.2. The van der Waals surface area contributed by atoms with Crippen molar-refractivity contribution in [2.75, 3.05) is 5.75 Å². The first-order valence-corrected chi connectivity index (χ1v) is 10.8. The average molecular weight is 500 g/mol. The van der Waals surface area contributed by atoms with Gasteiger partial charge in [0.2, 0.25) is 5.82 Å². The zero-order chi connectivity index (χ0) is 21.6. The van der Waals surface area contributed by atoms with E-state index in [4.69, 9.17) is 4.42 Å². The summed E-state index contributed by atoms with van der Waals surface area (Å²) in [6.07, 6.45) is 3.09. The normalized spacial score (nSPS) is 11.2. The van der Waals surface area contributed by atoms with Gasteiger partial charge in [0.25, 0.3) is 5.91 Å². The molecule has 0 aliphatic carbocycles. The van der Waals surface area contributed by atoms with Crippen molar-refractivity contribution in [3.63, 3.8) is 0 Å². The SMILES string of the molecule is O=C(CSc1nnc(-c2ccco2)n1-c1ccc(F)cc1)N/N=C/c1ccc(Br)cc1. The van der Waals surface area contributed by atoms with Crippen molar-refractivity contribution in [1.29, 1.82) is 0 Å². The molecule has 2 aromatic carbocycles. The van der Waals surface area contributed by atoms with Gasteiger partial charge in [-0.25, -0.2) is 9.82 Å². The Kier molecular flexibility index (Phi) is 6.58. The van der Waals surface area contributed by atoms with Gasteiger partial charge in [-0.2, -0.15) is 5.10 Å². The van der Waals surface area contributed by atoms with E-state index in [1.54, 1.807) is 35.0 Å². The molecule has 0 spiro atoms. The lowest BCUT2D eigenvalue weighted by molar-refractivity contribution is -0.118. The second-order valence-electron chi connectivity index (χ2n) is 6.23. The first-order valence-electron chi connectivity index (χ1n) is 9.05. The Labute approximate surface area is 189 Å². The Morgan fingerprint density at radius 2 is 1.94 bits per heavy atom. The molecule has 2 aromatic heterocycles. The van der Waals surface area contributed by atoms with Crippen LogP contribution >= 0.6 is 27.7 Å². The summed E-state index contributed by atoms with van der Waals surface area (Å²) in [7, 11) is 0. The highest BCUT2D eigenvalue weighted by molar-refractivity contribution is 9.10. The highest BCUT2D eigenvalue weighted by atomic mass is 79.9. The number of furan rings is 1. The number of halogens is 2. The molecule has 0 aliphatic heterocycles. The number of hydrazone groups is 1. The van der Waals surface area contributed by atoms with Gasteiger partial charge in [-0.15, -0.1) is 10.2 Å². The lowest BCUT2D eigenvalue weighted by Crippen LogP contribution is -2.20. The van der Waals surface area contributed by atoms with E-state index in [-0.39, 0.29) is 17.5 Å². The summed E-state index contributed by atoms with van der Waals surface area (Å²) in [6, 6.07) is 16.9. The zero-order valence-corrected chi connectivity index (χ0v) is 18.3. The van der Waals surface area contributed by atoms with E-state index in [9.17, 15) is 9.18 Å². The highest BCUT2D eigenvalue weighted by Crippen LogP contribution is 2.28. The molecule has 4 aromatic rings. The maximum atomic E-state index is 13.4. The van der Waals surface area contributed by atoms with Gasteiger partial charge in [0.15, 0.2) is 10.9 Å². The molecule has 1 N–H and O–H groups in total. The second-order valence-corrected chi connectivity index (χ2v) is 8.09. The number of nitrogens with zero attached hydrogens (tertiary/aromatic N) is 4. The number of nitrogens with one attached hydrogen (secondary N) is 1. The minimum absolute atomic E-state index is 0.0646. The van der Waals surface area contributed by atoms with Crippen LogP contribution in [0.25, 0.3) is 17.3 Å². The molecular weight excluding hydrogens is 485 g/mol. The van der Waals surface area contributed by atoms with Crippen LogP contribution in [0.3, 0.4) is 0 Å². The zero-order valence-electron chi connectivity index (χ0n) is 15.9. The van der Waals surface area contributed by atoms with Crippen molar-refractivity contribution in [3.05, 3.63) is 82.8 Å². The molecule has 0 fully saturated rings. The summed E-state index contributed by atoms with van der Waals surface area (Å²) in [6.45, 7) is 0. The van der Waals surface area contributed by atoms with Crippen molar-refractivity contribution in [3.8, 4) is 17.3 Å². The Morgan fingerprint density at radius 1 is 1.16 bits per heavy atom. The Hall–Kier alpha value is -3.24. The second kappa shape index (κ2) is 9.71. The minimum Gasteiger partial charge on any atom is -0.461 e. The van der Waals surface area contributed by atoms with Gasteiger partial charge in [-0.1, -0.05) is 39.8 Å². The monoisotopic (exact) mass is 499 g/mol. The summed E-state index contributed by atoms with van der Waals surface area (Å²) >= 11 is 4.55. The number of thioether (sulfide) groups is 1. The summed E-state index contributed by atoms with van der Waals surface area (Å²) < 4.78 is 21.5. The Morgan fingerprint density at radius 3 is 2.65 bits per heavy atom. The van der Waals surface area contributed by atoms with Crippen LogP contribution in [0, 0.1) is 5.82 Å². The Bertz CT molecular complexity index is 1190. The maximum Gasteiger partial charge on any atom is 0.250 e. The topological polar surface area (TPSA) is 85.3 Å². The van der Waals surface area contributed by atoms with Crippen LogP contribution in [-0.2, 0) is 4.79 Å². The maximum absolute atomic E-state index is 13.4. The quantitative estimate of drug-likeness (QED) is 0.227. The molecule has 7 nitrogen and oxygen atoms in total. The van der Waals surface area contributed by atoms with Crippen LogP contribution in [-0.4, -0.2) is 32.6 Å². The first-order chi connectivity index (χ1) is 15.1. The third-order valence-corrected chi connectivity index (χ3v) is 5.52. The van der Waals surface area contributed by atoms with Gasteiger partial charge in [0, 0.05) is 4.47 Å². The molecule has 2 heterocycles. The van der Waals surface area contributed by atoms with Crippen LogP contribution in [0.5, 0.6) is 0 Å². The summed E-state index contributed by atoms with van der Waals surface area (Å²) in [5.74, 6) is 0.370. The van der Waals surface area contributed by atoms with E-state index in [0.29, 0.717) is 22.4 Å². The average Bonchev–Trinajstić information content (AvgIpc) is 3.44. The number of aromatic nitrogens is 3. The van der Waals surface area contributed by atoms with Crippen molar-refractivity contribution in [1.82, 2.24) is 20.2 Å². The van der Waals surface area contributed by atoms with E-state index >= 15 is 0 Å². The molecular formula is C21H15BrFN5O2S. The Balaban J connectivity index is 1.47. The van der Waals surface area contributed by atoms with Gasteiger partial charge < -0.3 is 4.42 Å². The van der Waals surface area contributed by atoms with Crippen LogP contribution in [0.15, 0.2) is 86.1 Å².